The molecule has 1 amide bonds. The number of hydrogen-bond acceptors (Lipinski definition) is 4. The number of carbonyl (C=O) groups is 1. The molecule has 3 aromatic heterocycles. The number of amides is 1. The highest BCUT2D eigenvalue weighted by Gasteiger charge is 2.34. The van der Waals surface area contributed by atoms with E-state index in [2.05, 4.69) is 15.3 Å². The van der Waals surface area contributed by atoms with Gasteiger partial charge in [0.15, 0.2) is 0 Å². The summed E-state index contributed by atoms with van der Waals surface area (Å²) in [6.45, 7) is 4.24. The highest BCUT2D eigenvalue weighted by molar-refractivity contribution is 5.96. The molecule has 1 atom stereocenters. The lowest BCUT2D eigenvalue weighted by Crippen LogP contribution is -2.30. The maximum Gasteiger partial charge on any atom is 0.251 e. The average molecular weight is 485 g/mol. The van der Waals surface area contributed by atoms with Crippen LogP contribution >= 0.6 is 0 Å². The van der Waals surface area contributed by atoms with Gasteiger partial charge in [-0.05, 0) is 85.7 Å². The Kier molecular flexibility index (Phi) is 6.26. The van der Waals surface area contributed by atoms with Crippen LogP contribution in [0.2, 0.25) is 0 Å². The number of nitrogens with zero attached hydrogens (tertiary/aromatic N) is 4. The summed E-state index contributed by atoms with van der Waals surface area (Å²) in [4.78, 5) is 22.4. The van der Waals surface area contributed by atoms with Gasteiger partial charge in [-0.1, -0.05) is 0 Å². The van der Waals surface area contributed by atoms with Gasteiger partial charge in [-0.3, -0.25) is 20.2 Å². The number of aromatic nitrogens is 4. The third kappa shape index (κ3) is 4.98. The second kappa shape index (κ2) is 9.53. The van der Waals surface area contributed by atoms with Crippen molar-refractivity contribution >= 4 is 5.91 Å². The van der Waals surface area contributed by atoms with Crippen molar-refractivity contribution in [3.63, 3.8) is 0 Å². The molecular weight excluding hydrogens is 455 g/mol. The van der Waals surface area contributed by atoms with Gasteiger partial charge in [-0.25, -0.2) is 4.39 Å². The number of halogens is 1. The van der Waals surface area contributed by atoms with Crippen molar-refractivity contribution in [2.75, 3.05) is 0 Å². The largest absolute Gasteiger partial charge is 0.343 e. The fourth-order valence-corrected chi connectivity index (χ4v) is 4.56. The first-order chi connectivity index (χ1) is 17.3. The lowest BCUT2D eigenvalue weighted by molar-refractivity contribution is 0.0930. The number of aryl methyl sites for hydroxylation is 3. The number of carbonyl (C=O) groups excluding carboxylic acids is 1. The first kappa shape index (κ1) is 23.7. The van der Waals surface area contributed by atoms with E-state index in [1.54, 1.807) is 28.3 Å². The molecule has 184 valence electrons. The Morgan fingerprint density at radius 3 is 2.64 bits per heavy atom. The van der Waals surface area contributed by atoms with E-state index in [9.17, 15) is 9.18 Å². The molecule has 1 saturated carbocycles. The van der Waals surface area contributed by atoms with Crippen LogP contribution in [0.3, 0.4) is 0 Å². The Hall–Kier alpha value is -4.07. The van der Waals surface area contributed by atoms with Crippen LogP contribution in [0.5, 0.6) is 0 Å². The minimum absolute atomic E-state index is 0.154. The molecule has 0 bridgehead atoms. The molecule has 5 rings (SSSR count). The van der Waals surface area contributed by atoms with Gasteiger partial charge in [-0.15, -0.1) is 0 Å². The Labute approximate surface area is 209 Å². The van der Waals surface area contributed by atoms with Crippen LogP contribution in [-0.2, 0) is 13.6 Å². The summed E-state index contributed by atoms with van der Waals surface area (Å²) in [6, 6.07) is 10.9. The number of nitrogens with one attached hydrogen (secondary N) is 2. The standard InChI is InChI=1S/C28H29FN6O/c1-17-6-7-31-24(10-17)26(20-4-5-20)33-27(36)22-13-19(16-35-9-8-34(3)28(35)30)12-21(14-22)25-18(2)11-23(29)15-32-25/h6-15,20,26,30H,4-5,16H2,1-3H3,(H,33,36). The SMILES string of the molecule is Cc1ccnc(C(NC(=O)c2cc(Cn3ccn(C)c3=N)cc(-c3ncc(F)cc3C)c2)C2CC2)c1. The van der Waals surface area contributed by atoms with Gasteiger partial charge < -0.3 is 14.5 Å². The first-order valence-electron chi connectivity index (χ1n) is 12.0. The van der Waals surface area contributed by atoms with Gasteiger partial charge in [0.05, 0.1) is 30.2 Å². The maximum atomic E-state index is 13.7. The van der Waals surface area contributed by atoms with E-state index in [0.717, 1.165) is 35.2 Å². The van der Waals surface area contributed by atoms with Crippen LogP contribution in [0.15, 0.2) is 61.2 Å². The van der Waals surface area contributed by atoms with Crippen molar-refractivity contribution in [2.24, 2.45) is 13.0 Å². The fraction of sp³-hybridized carbons (Fsp3) is 0.286. The Morgan fingerprint density at radius 2 is 1.97 bits per heavy atom. The van der Waals surface area contributed by atoms with E-state index in [1.807, 2.05) is 50.6 Å². The predicted molar refractivity (Wildman–Crippen MR) is 135 cm³/mol. The summed E-state index contributed by atoms with van der Waals surface area (Å²) in [7, 11) is 1.82. The normalized spacial score (nSPS) is 14.0. The summed E-state index contributed by atoms with van der Waals surface area (Å²) in [6.07, 6.45) is 8.74. The van der Waals surface area contributed by atoms with Crippen LogP contribution in [0, 0.1) is 31.0 Å². The molecule has 0 radical (unpaired) electrons. The first-order valence-corrected chi connectivity index (χ1v) is 12.0. The maximum absolute atomic E-state index is 13.7. The third-order valence-electron chi connectivity index (χ3n) is 6.64. The van der Waals surface area contributed by atoms with E-state index in [4.69, 9.17) is 5.41 Å². The molecule has 1 unspecified atom stereocenters. The van der Waals surface area contributed by atoms with Gasteiger partial charge in [-0.2, -0.15) is 0 Å². The number of rotatable bonds is 7. The summed E-state index contributed by atoms with van der Waals surface area (Å²) >= 11 is 0. The molecule has 3 heterocycles. The molecule has 7 nitrogen and oxygen atoms in total. The summed E-state index contributed by atoms with van der Waals surface area (Å²) in [5, 5.41) is 11.5. The fourth-order valence-electron chi connectivity index (χ4n) is 4.56. The molecule has 36 heavy (non-hydrogen) atoms. The quantitative estimate of drug-likeness (QED) is 0.406. The Morgan fingerprint density at radius 1 is 1.17 bits per heavy atom. The van der Waals surface area contributed by atoms with Crippen molar-refractivity contribution in [3.05, 3.63) is 101 Å². The molecule has 2 N–H and O–H groups in total. The summed E-state index contributed by atoms with van der Waals surface area (Å²) < 4.78 is 17.3. The molecule has 1 aliphatic rings. The predicted octanol–water partition coefficient (Wildman–Crippen LogP) is 4.45. The van der Waals surface area contributed by atoms with Gasteiger partial charge in [0, 0.05) is 36.8 Å². The Balaban J connectivity index is 1.53. The molecule has 0 aliphatic heterocycles. The van der Waals surface area contributed by atoms with E-state index in [1.165, 1.54) is 12.3 Å². The Bertz CT molecular complexity index is 1500. The minimum atomic E-state index is -0.401. The second-order valence-electron chi connectivity index (χ2n) is 9.64. The van der Waals surface area contributed by atoms with Crippen molar-refractivity contribution in [1.29, 1.82) is 5.41 Å². The number of benzene rings is 1. The van der Waals surface area contributed by atoms with Gasteiger partial charge in [0.25, 0.3) is 5.91 Å². The zero-order valence-corrected chi connectivity index (χ0v) is 20.6. The van der Waals surface area contributed by atoms with E-state index in [0.29, 0.717) is 34.9 Å². The molecule has 1 aromatic carbocycles. The number of pyridine rings is 2. The van der Waals surface area contributed by atoms with E-state index >= 15 is 0 Å². The molecule has 0 spiro atoms. The van der Waals surface area contributed by atoms with E-state index in [-0.39, 0.29) is 11.9 Å². The lowest BCUT2D eigenvalue weighted by atomic mass is 9.99. The third-order valence-corrected chi connectivity index (χ3v) is 6.64. The average Bonchev–Trinajstić information content (AvgIpc) is 3.64. The smallest absolute Gasteiger partial charge is 0.251 e. The molecule has 0 saturated heterocycles. The van der Waals surface area contributed by atoms with Crippen molar-refractivity contribution in [2.45, 2.75) is 39.3 Å². The molecule has 8 heteroatoms. The van der Waals surface area contributed by atoms with Crippen LogP contribution in [-0.4, -0.2) is 25.0 Å². The van der Waals surface area contributed by atoms with E-state index < -0.39 is 5.82 Å². The van der Waals surface area contributed by atoms with Gasteiger partial charge >= 0.3 is 0 Å². The van der Waals surface area contributed by atoms with Crippen molar-refractivity contribution in [3.8, 4) is 11.3 Å². The van der Waals surface area contributed by atoms with Crippen LogP contribution < -0.4 is 10.9 Å². The van der Waals surface area contributed by atoms with Gasteiger partial charge in [0.2, 0.25) is 5.62 Å². The summed E-state index contributed by atoms with van der Waals surface area (Å²) in [5.74, 6) is -0.220. The van der Waals surface area contributed by atoms with Crippen LogP contribution in [0.1, 0.15) is 51.6 Å². The molecule has 4 aromatic rings. The number of imidazole rings is 1. The van der Waals surface area contributed by atoms with Crippen molar-refractivity contribution < 1.29 is 9.18 Å². The molecule has 1 fully saturated rings. The highest BCUT2D eigenvalue weighted by atomic mass is 19.1. The zero-order chi connectivity index (χ0) is 25.4. The van der Waals surface area contributed by atoms with Gasteiger partial charge in [0.1, 0.15) is 5.82 Å². The van der Waals surface area contributed by atoms with Crippen molar-refractivity contribution in [1.82, 2.24) is 24.4 Å². The monoisotopic (exact) mass is 484 g/mol. The topological polar surface area (TPSA) is 88.6 Å². The second-order valence-corrected chi connectivity index (χ2v) is 9.64. The lowest BCUT2D eigenvalue weighted by Gasteiger charge is -2.19. The summed E-state index contributed by atoms with van der Waals surface area (Å²) in [5.41, 5.74) is 5.71. The number of hydrogen-bond donors (Lipinski definition) is 2. The zero-order valence-electron chi connectivity index (χ0n) is 20.6. The molecular formula is C28H29FN6O. The molecule has 1 aliphatic carbocycles. The minimum Gasteiger partial charge on any atom is -0.343 e. The van der Waals surface area contributed by atoms with Crippen LogP contribution in [0.25, 0.3) is 11.3 Å². The van der Waals surface area contributed by atoms with Crippen LogP contribution in [0.4, 0.5) is 4.39 Å². The highest BCUT2D eigenvalue weighted by Crippen LogP contribution is 2.40.